The molecule has 0 aliphatic rings. The first kappa shape index (κ1) is 19.9. The van der Waals surface area contributed by atoms with Crippen LogP contribution in [0.4, 0.5) is 5.69 Å². The maximum Gasteiger partial charge on any atom is 0.313 e. The zero-order valence-electron chi connectivity index (χ0n) is 15.9. The number of furan rings is 1. The summed E-state index contributed by atoms with van der Waals surface area (Å²) in [5.41, 5.74) is 2.44. The van der Waals surface area contributed by atoms with E-state index in [1.807, 2.05) is 31.2 Å². The molecular weight excluding hydrogens is 370 g/mol. The Morgan fingerprint density at radius 3 is 2.34 bits per heavy atom. The van der Waals surface area contributed by atoms with Gasteiger partial charge in [0.25, 0.3) is 5.91 Å². The average molecular weight is 391 g/mol. The van der Waals surface area contributed by atoms with Crippen LogP contribution >= 0.6 is 0 Å². The summed E-state index contributed by atoms with van der Waals surface area (Å²) in [6.07, 6.45) is 1.52. The van der Waals surface area contributed by atoms with Crippen LogP contribution in [-0.4, -0.2) is 17.7 Å². The number of hydrogen-bond acceptors (Lipinski definition) is 4. The van der Waals surface area contributed by atoms with Gasteiger partial charge in [-0.25, -0.2) is 0 Å². The number of benzene rings is 2. The summed E-state index contributed by atoms with van der Waals surface area (Å²) in [7, 11) is 0. The van der Waals surface area contributed by atoms with Crippen LogP contribution in [0, 0.1) is 6.92 Å². The molecule has 0 radical (unpaired) electrons. The first-order valence-electron chi connectivity index (χ1n) is 9.08. The minimum atomic E-state index is -0.843. The van der Waals surface area contributed by atoms with E-state index in [0.717, 1.165) is 11.1 Å². The van der Waals surface area contributed by atoms with Crippen LogP contribution in [0.2, 0.25) is 0 Å². The van der Waals surface area contributed by atoms with E-state index in [1.54, 1.807) is 36.4 Å². The Morgan fingerprint density at radius 1 is 0.828 bits per heavy atom. The Morgan fingerprint density at radius 2 is 1.59 bits per heavy atom. The van der Waals surface area contributed by atoms with Crippen LogP contribution in [0.5, 0.6) is 0 Å². The molecule has 0 fully saturated rings. The third-order valence-electron chi connectivity index (χ3n) is 4.33. The normalized spacial score (nSPS) is 10.2. The van der Waals surface area contributed by atoms with E-state index in [4.69, 9.17) is 4.42 Å². The smallest absolute Gasteiger partial charge is 0.313 e. The van der Waals surface area contributed by atoms with E-state index >= 15 is 0 Å². The van der Waals surface area contributed by atoms with Gasteiger partial charge in [0, 0.05) is 6.54 Å². The molecule has 0 aliphatic heterocycles. The lowest BCUT2D eigenvalue weighted by Crippen LogP contribution is -2.35. The molecule has 29 heavy (non-hydrogen) atoms. The highest BCUT2D eigenvalue weighted by molar-refractivity contribution is 6.40. The maximum atomic E-state index is 12.5. The molecule has 0 bridgehead atoms. The molecule has 0 unspecified atom stereocenters. The topological polar surface area (TPSA) is 100 Å². The summed E-state index contributed by atoms with van der Waals surface area (Å²) in [5.74, 6) is -1.41. The zero-order chi connectivity index (χ0) is 20.6. The number of carbonyl (C=O) groups is 3. The Balaban J connectivity index is 1.60. The fourth-order valence-electron chi connectivity index (χ4n) is 2.71. The van der Waals surface area contributed by atoms with E-state index in [1.165, 1.54) is 6.26 Å². The van der Waals surface area contributed by atoms with Gasteiger partial charge < -0.3 is 20.4 Å². The quantitative estimate of drug-likeness (QED) is 0.563. The average Bonchev–Trinajstić information content (AvgIpc) is 3.25. The molecule has 1 aromatic heterocycles. The highest BCUT2D eigenvalue weighted by Crippen LogP contribution is 2.15. The summed E-state index contributed by atoms with van der Waals surface area (Å²) in [6.45, 7) is 2.38. The Labute approximate surface area is 168 Å². The van der Waals surface area contributed by atoms with Crippen LogP contribution in [0.1, 0.15) is 27.2 Å². The van der Waals surface area contributed by atoms with Crippen molar-refractivity contribution in [2.24, 2.45) is 0 Å². The van der Waals surface area contributed by atoms with Gasteiger partial charge in [-0.15, -0.1) is 0 Å². The van der Waals surface area contributed by atoms with Gasteiger partial charge in [0.1, 0.15) is 5.76 Å². The molecule has 0 saturated carbocycles. The van der Waals surface area contributed by atoms with Gasteiger partial charge in [0.05, 0.1) is 24.1 Å². The summed E-state index contributed by atoms with van der Waals surface area (Å²) < 4.78 is 5.18. The van der Waals surface area contributed by atoms with E-state index in [0.29, 0.717) is 5.76 Å². The molecule has 0 saturated heterocycles. The Kier molecular flexibility index (Phi) is 6.42. The van der Waals surface area contributed by atoms with Crippen molar-refractivity contribution in [1.29, 1.82) is 0 Å². The summed E-state index contributed by atoms with van der Waals surface area (Å²) >= 11 is 0. The number of rotatable bonds is 6. The van der Waals surface area contributed by atoms with Crippen LogP contribution in [0.3, 0.4) is 0 Å². The van der Waals surface area contributed by atoms with Crippen molar-refractivity contribution in [3.8, 4) is 0 Å². The van der Waals surface area contributed by atoms with Gasteiger partial charge in [-0.2, -0.15) is 0 Å². The molecule has 0 spiro atoms. The summed E-state index contributed by atoms with van der Waals surface area (Å²) in [5, 5.41) is 7.80. The minimum absolute atomic E-state index is 0.213. The zero-order valence-corrected chi connectivity index (χ0v) is 15.9. The third-order valence-corrected chi connectivity index (χ3v) is 4.33. The lowest BCUT2D eigenvalue weighted by molar-refractivity contribution is -0.136. The summed E-state index contributed by atoms with van der Waals surface area (Å²) in [4.78, 5) is 36.9. The number of aryl methyl sites for hydroxylation is 1. The molecule has 2 aromatic carbocycles. The SMILES string of the molecule is Cc1ccccc1CNC(=O)C(=O)Nc1ccccc1C(=O)NCc1ccco1. The van der Waals surface area contributed by atoms with Gasteiger partial charge in [0.15, 0.2) is 0 Å². The summed E-state index contributed by atoms with van der Waals surface area (Å²) in [6, 6.07) is 17.5. The molecule has 0 aliphatic carbocycles. The van der Waals surface area contributed by atoms with Gasteiger partial charge >= 0.3 is 11.8 Å². The molecule has 7 nitrogen and oxygen atoms in total. The van der Waals surface area contributed by atoms with E-state index in [9.17, 15) is 14.4 Å². The van der Waals surface area contributed by atoms with Crippen molar-refractivity contribution < 1.29 is 18.8 Å². The third kappa shape index (κ3) is 5.32. The lowest BCUT2D eigenvalue weighted by atomic mass is 10.1. The van der Waals surface area contributed by atoms with Crippen molar-refractivity contribution in [1.82, 2.24) is 10.6 Å². The number of nitrogens with one attached hydrogen (secondary N) is 3. The predicted molar refractivity (Wildman–Crippen MR) is 108 cm³/mol. The molecule has 7 heteroatoms. The maximum absolute atomic E-state index is 12.5. The predicted octanol–water partition coefficient (Wildman–Crippen LogP) is 2.77. The van der Waals surface area contributed by atoms with Gasteiger partial charge in [-0.3, -0.25) is 14.4 Å². The fraction of sp³-hybridized carbons (Fsp3) is 0.136. The second kappa shape index (κ2) is 9.36. The lowest BCUT2D eigenvalue weighted by Gasteiger charge is -2.11. The van der Waals surface area contributed by atoms with Crippen molar-refractivity contribution in [3.63, 3.8) is 0 Å². The van der Waals surface area contributed by atoms with Crippen LogP contribution in [0.15, 0.2) is 71.3 Å². The van der Waals surface area contributed by atoms with E-state index in [2.05, 4.69) is 16.0 Å². The van der Waals surface area contributed by atoms with Crippen molar-refractivity contribution in [2.45, 2.75) is 20.0 Å². The van der Waals surface area contributed by atoms with Crippen molar-refractivity contribution >= 4 is 23.4 Å². The largest absolute Gasteiger partial charge is 0.467 e. The van der Waals surface area contributed by atoms with Crippen LogP contribution < -0.4 is 16.0 Å². The number of amides is 3. The second-order valence-electron chi connectivity index (χ2n) is 6.37. The monoisotopic (exact) mass is 391 g/mol. The number of hydrogen-bond donors (Lipinski definition) is 3. The van der Waals surface area contributed by atoms with Crippen LogP contribution in [-0.2, 0) is 22.7 Å². The molecule has 0 atom stereocenters. The molecule has 3 rings (SSSR count). The molecular formula is C22H21N3O4. The number of carbonyl (C=O) groups excluding carboxylic acids is 3. The highest BCUT2D eigenvalue weighted by atomic mass is 16.3. The minimum Gasteiger partial charge on any atom is -0.467 e. The Hall–Kier alpha value is -3.87. The van der Waals surface area contributed by atoms with Crippen LogP contribution in [0.25, 0.3) is 0 Å². The van der Waals surface area contributed by atoms with Crippen molar-refractivity contribution in [3.05, 3.63) is 89.4 Å². The molecule has 3 amide bonds. The Bertz CT molecular complexity index is 1010. The number of para-hydroxylation sites is 1. The fourth-order valence-corrected chi connectivity index (χ4v) is 2.71. The van der Waals surface area contributed by atoms with E-state index < -0.39 is 17.7 Å². The van der Waals surface area contributed by atoms with Gasteiger partial charge in [0.2, 0.25) is 0 Å². The highest BCUT2D eigenvalue weighted by Gasteiger charge is 2.18. The first-order valence-corrected chi connectivity index (χ1v) is 9.08. The first-order chi connectivity index (χ1) is 14.0. The molecule has 3 aromatic rings. The van der Waals surface area contributed by atoms with Gasteiger partial charge in [-0.1, -0.05) is 36.4 Å². The van der Waals surface area contributed by atoms with Gasteiger partial charge in [-0.05, 0) is 42.3 Å². The van der Waals surface area contributed by atoms with Crippen molar-refractivity contribution in [2.75, 3.05) is 5.32 Å². The standard InChI is InChI=1S/C22H21N3O4/c1-15-7-2-3-8-16(15)13-23-21(27)22(28)25-19-11-5-4-10-18(19)20(26)24-14-17-9-6-12-29-17/h2-12H,13-14H2,1H3,(H,23,27)(H,24,26)(H,25,28). The molecule has 148 valence electrons. The second-order valence-corrected chi connectivity index (χ2v) is 6.37. The number of anilines is 1. The molecule has 3 N–H and O–H groups in total. The van der Waals surface area contributed by atoms with E-state index in [-0.39, 0.29) is 24.3 Å². The molecule has 1 heterocycles.